The molecule has 0 saturated heterocycles. The number of aromatic nitrogens is 3. The third-order valence-electron chi connectivity index (χ3n) is 9.30. The lowest BCUT2D eigenvalue weighted by Crippen LogP contribution is -2.28. The minimum Gasteiger partial charge on any atom is -0.359 e. The van der Waals surface area contributed by atoms with Crippen molar-refractivity contribution < 1.29 is 0 Å². The first-order valence-electron chi connectivity index (χ1n) is 15.2. The monoisotopic (exact) mass is 575 g/mol. The van der Waals surface area contributed by atoms with E-state index >= 15 is 0 Å². The Balaban J connectivity index is 1.13. The van der Waals surface area contributed by atoms with Crippen LogP contribution in [0.1, 0.15) is 11.7 Å². The van der Waals surface area contributed by atoms with Crippen molar-refractivity contribution in [3.8, 4) is 33.6 Å². The number of pyridine rings is 3. The Morgan fingerprint density at radius 3 is 2.18 bits per heavy atom. The molecular weight excluding hydrogens is 550 g/mol. The summed E-state index contributed by atoms with van der Waals surface area (Å²) in [5.74, 6) is 0. The van der Waals surface area contributed by atoms with Crippen LogP contribution in [-0.4, -0.2) is 15.0 Å². The number of hydrogen-bond acceptors (Lipinski definition) is 5. The van der Waals surface area contributed by atoms with Gasteiger partial charge in [-0.15, -0.1) is 0 Å². The predicted octanol–water partition coefficient (Wildman–Crippen LogP) is 9.91. The zero-order valence-electron chi connectivity index (χ0n) is 24.1. The third-order valence-corrected chi connectivity index (χ3v) is 9.30. The largest absolute Gasteiger partial charge is 0.359 e. The van der Waals surface area contributed by atoms with Crippen molar-refractivity contribution in [3.05, 3.63) is 145 Å². The molecule has 8 aromatic rings. The molecule has 0 radical (unpaired) electrons. The Morgan fingerprint density at radius 2 is 1.27 bits per heavy atom. The Kier molecular flexibility index (Phi) is 4.99. The van der Waals surface area contributed by atoms with E-state index in [2.05, 4.69) is 130 Å². The highest BCUT2D eigenvalue weighted by Crippen LogP contribution is 2.55. The van der Waals surface area contributed by atoms with E-state index in [-0.39, 0.29) is 6.17 Å². The number of anilines is 3. The van der Waals surface area contributed by atoms with Crippen LogP contribution in [0.5, 0.6) is 0 Å². The second kappa shape index (κ2) is 9.21. The molecule has 210 valence electrons. The molecule has 10 rings (SSSR count). The molecule has 1 unspecified atom stereocenters. The molecule has 0 aliphatic carbocycles. The van der Waals surface area contributed by atoms with E-state index in [1.807, 2.05) is 24.5 Å². The molecule has 2 aliphatic heterocycles. The molecule has 0 bridgehead atoms. The third kappa shape index (κ3) is 3.52. The topological polar surface area (TPSA) is 53.9 Å². The van der Waals surface area contributed by atoms with Gasteiger partial charge in [0.1, 0.15) is 6.17 Å². The SMILES string of the molecule is c1ccc2c(c1)NC1c3c(cc(-c4ccc(-c5ccc6ccc7cccnc7c6n5)cc4)c4ccccc34)-c3ncccc3N21. The first kappa shape index (κ1) is 24.4. The molecule has 0 fully saturated rings. The van der Waals surface area contributed by atoms with Crippen LogP contribution in [-0.2, 0) is 0 Å². The van der Waals surface area contributed by atoms with Crippen LogP contribution in [0.25, 0.3) is 66.2 Å². The van der Waals surface area contributed by atoms with Gasteiger partial charge in [-0.25, -0.2) is 4.98 Å². The summed E-state index contributed by atoms with van der Waals surface area (Å²) in [6, 6.07) is 45.2. The van der Waals surface area contributed by atoms with Crippen molar-refractivity contribution in [2.75, 3.05) is 10.2 Å². The van der Waals surface area contributed by atoms with E-state index in [1.54, 1.807) is 0 Å². The molecule has 0 amide bonds. The van der Waals surface area contributed by atoms with E-state index < -0.39 is 0 Å². The summed E-state index contributed by atoms with van der Waals surface area (Å²) >= 11 is 0. The fourth-order valence-corrected chi connectivity index (χ4v) is 7.26. The maximum atomic E-state index is 5.07. The van der Waals surface area contributed by atoms with E-state index in [9.17, 15) is 0 Å². The number of hydrogen-bond donors (Lipinski definition) is 1. The van der Waals surface area contributed by atoms with Crippen LogP contribution < -0.4 is 10.2 Å². The highest BCUT2D eigenvalue weighted by Gasteiger charge is 2.39. The highest BCUT2D eigenvalue weighted by molar-refractivity contribution is 6.07. The zero-order valence-corrected chi connectivity index (χ0v) is 24.1. The summed E-state index contributed by atoms with van der Waals surface area (Å²) in [4.78, 5) is 17.1. The number of benzene rings is 5. The number of rotatable bonds is 2. The summed E-state index contributed by atoms with van der Waals surface area (Å²) in [5.41, 5.74) is 13.1. The molecule has 2 aliphatic rings. The van der Waals surface area contributed by atoms with Crippen LogP contribution in [0.15, 0.2) is 140 Å². The predicted molar refractivity (Wildman–Crippen MR) is 184 cm³/mol. The van der Waals surface area contributed by atoms with E-state index in [0.29, 0.717) is 0 Å². The second-order valence-corrected chi connectivity index (χ2v) is 11.7. The summed E-state index contributed by atoms with van der Waals surface area (Å²) in [5, 5.41) is 8.47. The van der Waals surface area contributed by atoms with Crippen LogP contribution in [0.3, 0.4) is 0 Å². The van der Waals surface area contributed by atoms with Crippen molar-refractivity contribution in [1.29, 1.82) is 0 Å². The molecule has 5 heterocycles. The number of nitrogens with one attached hydrogen (secondary N) is 1. The molecule has 3 aromatic heterocycles. The van der Waals surface area contributed by atoms with Gasteiger partial charge in [0.15, 0.2) is 0 Å². The molecule has 0 saturated carbocycles. The normalized spacial score (nSPS) is 14.6. The Labute approximate surface area is 259 Å². The maximum Gasteiger partial charge on any atom is 0.131 e. The van der Waals surface area contributed by atoms with Gasteiger partial charge in [-0.1, -0.05) is 84.9 Å². The fourth-order valence-electron chi connectivity index (χ4n) is 7.26. The van der Waals surface area contributed by atoms with Gasteiger partial charge in [0.2, 0.25) is 0 Å². The molecule has 5 aromatic carbocycles. The number of fused-ring (bicyclic) bond motifs is 13. The Morgan fingerprint density at radius 1 is 0.556 bits per heavy atom. The van der Waals surface area contributed by atoms with Crippen LogP contribution in [0, 0.1) is 0 Å². The Bertz CT molecular complexity index is 2480. The smallest absolute Gasteiger partial charge is 0.131 e. The maximum absolute atomic E-state index is 5.07. The van der Waals surface area contributed by atoms with E-state index in [0.717, 1.165) is 55.7 Å². The van der Waals surface area contributed by atoms with Crippen LogP contribution >= 0.6 is 0 Å². The number of para-hydroxylation sites is 2. The molecule has 1 atom stereocenters. The van der Waals surface area contributed by atoms with Crippen molar-refractivity contribution >= 4 is 49.6 Å². The summed E-state index contributed by atoms with van der Waals surface area (Å²) < 4.78 is 0. The lowest BCUT2D eigenvalue weighted by Gasteiger charge is -2.35. The fraction of sp³-hybridized carbons (Fsp3) is 0.0250. The lowest BCUT2D eigenvalue weighted by molar-refractivity contribution is 0.822. The van der Waals surface area contributed by atoms with Gasteiger partial charge >= 0.3 is 0 Å². The standard InChI is InChI=1S/C40H25N5/c1-2-9-29-28(8-1)30(23-31-36(29)40-44-33-10-3-4-11-34(33)45(40)35-12-6-22-42-39(31)35)24-13-15-25(16-14-24)32-20-19-27-18-17-26-7-5-21-41-37(26)38(27)43-32/h1-23,40,44H. The van der Waals surface area contributed by atoms with Crippen LogP contribution in [0.2, 0.25) is 0 Å². The van der Waals surface area contributed by atoms with E-state index in [1.165, 1.54) is 33.2 Å². The van der Waals surface area contributed by atoms with Gasteiger partial charge in [0.25, 0.3) is 0 Å². The quantitative estimate of drug-likeness (QED) is 0.208. The average molecular weight is 576 g/mol. The molecule has 5 heteroatoms. The van der Waals surface area contributed by atoms with Crippen molar-refractivity contribution in [1.82, 2.24) is 15.0 Å². The van der Waals surface area contributed by atoms with E-state index in [4.69, 9.17) is 9.97 Å². The molecule has 0 spiro atoms. The van der Waals surface area contributed by atoms with Gasteiger partial charge in [-0.2, -0.15) is 0 Å². The Hall–Kier alpha value is -6.07. The van der Waals surface area contributed by atoms with Crippen molar-refractivity contribution in [2.45, 2.75) is 6.17 Å². The molecule has 1 N–H and O–H groups in total. The average Bonchev–Trinajstić information content (AvgIpc) is 3.51. The minimum absolute atomic E-state index is 0.0139. The van der Waals surface area contributed by atoms with Gasteiger partial charge in [0.05, 0.1) is 39.5 Å². The highest BCUT2D eigenvalue weighted by atomic mass is 15.3. The first-order valence-corrected chi connectivity index (χ1v) is 15.2. The van der Waals surface area contributed by atoms with Gasteiger partial charge in [-0.05, 0) is 64.4 Å². The summed E-state index contributed by atoms with van der Waals surface area (Å²) in [7, 11) is 0. The summed E-state index contributed by atoms with van der Waals surface area (Å²) in [6.07, 6.45) is 3.72. The van der Waals surface area contributed by atoms with Crippen molar-refractivity contribution in [2.24, 2.45) is 0 Å². The lowest BCUT2D eigenvalue weighted by atomic mass is 9.85. The molecule has 45 heavy (non-hydrogen) atoms. The van der Waals surface area contributed by atoms with Gasteiger partial charge in [0, 0.05) is 39.9 Å². The van der Waals surface area contributed by atoms with Crippen molar-refractivity contribution in [3.63, 3.8) is 0 Å². The van der Waals surface area contributed by atoms with Crippen LogP contribution in [0.4, 0.5) is 17.1 Å². The van der Waals surface area contributed by atoms with Gasteiger partial charge < -0.3 is 10.2 Å². The number of nitrogens with zero attached hydrogens (tertiary/aromatic N) is 4. The zero-order chi connectivity index (χ0) is 29.5. The second-order valence-electron chi connectivity index (χ2n) is 11.7. The minimum atomic E-state index is -0.0139. The van der Waals surface area contributed by atoms with Gasteiger partial charge in [-0.3, -0.25) is 9.97 Å². The summed E-state index contributed by atoms with van der Waals surface area (Å²) in [6.45, 7) is 0. The first-order chi connectivity index (χ1) is 22.3. The molecule has 5 nitrogen and oxygen atoms in total. The molecular formula is C40H25N5.